The van der Waals surface area contributed by atoms with E-state index in [1.54, 1.807) is 13.1 Å². The number of carbonyl (C=O) groups is 3. The lowest BCUT2D eigenvalue weighted by molar-refractivity contribution is -0.146. The van der Waals surface area contributed by atoms with Crippen molar-refractivity contribution < 1.29 is 14.4 Å². The highest BCUT2D eigenvalue weighted by Crippen LogP contribution is 2.36. The third-order valence-corrected chi connectivity index (χ3v) is 8.03. The second kappa shape index (κ2) is 11.4. The van der Waals surface area contributed by atoms with Gasteiger partial charge in [0.1, 0.15) is 12.1 Å². The molecule has 1 aromatic carbocycles. The Morgan fingerprint density at radius 3 is 2.57 bits per heavy atom. The predicted octanol–water partition coefficient (Wildman–Crippen LogP) is 2.15. The number of aromatic nitrogens is 1. The number of rotatable bonds is 4. The summed E-state index contributed by atoms with van der Waals surface area (Å²) in [7, 11) is 0. The van der Waals surface area contributed by atoms with Crippen LogP contribution in [0.15, 0.2) is 54.9 Å². The Balaban J connectivity index is 1.39. The minimum absolute atomic E-state index is 0.00304. The maximum absolute atomic E-state index is 14.1. The van der Waals surface area contributed by atoms with Crippen LogP contribution in [0.2, 0.25) is 0 Å². The van der Waals surface area contributed by atoms with Gasteiger partial charge in [-0.05, 0) is 55.2 Å². The molecule has 1 aromatic heterocycles. The van der Waals surface area contributed by atoms with E-state index >= 15 is 0 Å². The van der Waals surface area contributed by atoms with Gasteiger partial charge in [-0.2, -0.15) is 0 Å². The molecule has 0 radical (unpaired) electrons. The fourth-order valence-corrected chi connectivity index (χ4v) is 6.35. The lowest BCUT2D eigenvalue weighted by atomic mass is 9.77. The van der Waals surface area contributed by atoms with Gasteiger partial charge >= 0.3 is 0 Å². The van der Waals surface area contributed by atoms with Gasteiger partial charge in [-0.25, -0.2) is 0 Å². The zero-order chi connectivity index (χ0) is 25.8. The summed E-state index contributed by atoms with van der Waals surface area (Å²) >= 11 is 0. The van der Waals surface area contributed by atoms with E-state index in [1.807, 2.05) is 42.6 Å². The third kappa shape index (κ3) is 6.18. The molecule has 8 nitrogen and oxygen atoms in total. The van der Waals surface area contributed by atoms with Gasteiger partial charge in [-0.15, -0.1) is 0 Å². The molecule has 196 valence electrons. The molecule has 0 unspecified atom stereocenters. The maximum atomic E-state index is 14.1. The van der Waals surface area contributed by atoms with Crippen molar-refractivity contribution in [2.75, 3.05) is 19.6 Å². The van der Waals surface area contributed by atoms with Crippen molar-refractivity contribution in [3.8, 4) is 0 Å². The fraction of sp³-hybridized carbons (Fsp3) is 0.517. The minimum Gasteiger partial charge on any atom is -0.345 e. The number of nitrogens with zero attached hydrogens (tertiary/aromatic N) is 3. The lowest BCUT2D eigenvalue weighted by Gasteiger charge is -2.51. The quantitative estimate of drug-likeness (QED) is 0.667. The summed E-state index contributed by atoms with van der Waals surface area (Å²) in [5.41, 5.74) is 2.20. The zero-order valence-corrected chi connectivity index (χ0v) is 21.5. The highest BCUT2D eigenvalue weighted by Gasteiger charge is 2.44. The van der Waals surface area contributed by atoms with Gasteiger partial charge in [-0.3, -0.25) is 24.3 Å². The fourth-order valence-electron chi connectivity index (χ4n) is 6.35. The number of nitrogens with one attached hydrogen (secondary N) is 2. The van der Waals surface area contributed by atoms with Crippen LogP contribution in [0.1, 0.15) is 43.7 Å². The van der Waals surface area contributed by atoms with Crippen LogP contribution >= 0.6 is 0 Å². The van der Waals surface area contributed by atoms with Crippen LogP contribution in [0.5, 0.6) is 0 Å². The van der Waals surface area contributed by atoms with Gasteiger partial charge in [0.15, 0.2) is 0 Å². The van der Waals surface area contributed by atoms with Crippen LogP contribution in [-0.4, -0.2) is 70.3 Å². The number of hydrogen-bond donors (Lipinski definition) is 2. The highest BCUT2D eigenvalue weighted by molar-refractivity contribution is 5.92. The number of pyridine rings is 1. The second-order valence-electron chi connectivity index (χ2n) is 10.9. The summed E-state index contributed by atoms with van der Waals surface area (Å²) in [4.78, 5) is 48.5. The van der Waals surface area contributed by atoms with E-state index < -0.39 is 12.1 Å². The first kappa shape index (κ1) is 25.4. The number of amides is 3. The van der Waals surface area contributed by atoms with Crippen LogP contribution in [-0.2, 0) is 27.3 Å². The van der Waals surface area contributed by atoms with Crippen molar-refractivity contribution in [2.24, 2.45) is 11.8 Å². The van der Waals surface area contributed by atoms with Gasteiger partial charge in [0, 0.05) is 57.5 Å². The maximum Gasteiger partial charge on any atom is 0.245 e. The summed E-state index contributed by atoms with van der Waals surface area (Å²) in [5, 5.41) is 5.79. The summed E-state index contributed by atoms with van der Waals surface area (Å²) in [5.74, 6) is 0.289. The van der Waals surface area contributed by atoms with Crippen molar-refractivity contribution >= 4 is 17.7 Å². The van der Waals surface area contributed by atoms with Crippen molar-refractivity contribution in [2.45, 2.75) is 63.7 Å². The Morgan fingerprint density at radius 2 is 1.78 bits per heavy atom. The molecule has 0 saturated carbocycles. The van der Waals surface area contributed by atoms with E-state index in [2.05, 4.69) is 31.5 Å². The molecule has 5 atom stereocenters. The van der Waals surface area contributed by atoms with Crippen LogP contribution in [0.4, 0.5) is 0 Å². The Hall–Kier alpha value is -3.26. The molecular formula is C29H37N5O3. The van der Waals surface area contributed by atoms with E-state index in [4.69, 9.17) is 0 Å². The molecule has 2 bridgehead atoms. The SMILES string of the molecule is C[C@H]1NC(=O)CCC[C@H]2[C@@H]3C[C@@H](CN(Cc4cccnc4)C3)CN2C(=O)[C@H](Cc2ccccc2)NC1=O. The average Bonchev–Trinajstić information content (AvgIpc) is 2.89. The molecule has 3 aliphatic rings. The van der Waals surface area contributed by atoms with Gasteiger partial charge < -0.3 is 15.5 Å². The first-order valence-corrected chi connectivity index (χ1v) is 13.5. The standard InChI is InChI=1S/C29H37N5O3/c1-20-28(36)32-25(14-21-7-3-2-4-8-21)29(37)34-18-23-13-24(26(34)10-5-11-27(35)31-20)19-33(17-23)16-22-9-6-12-30-15-22/h2-4,6-9,12,15,20,23-26H,5,10-11,13-14,16-19H2,1H3,(H,31,35)(H,32,36)/t20-,23+,24-,25+,26+/m1/s1. The molecule has 8 heteroatoms. The minimum atomic E-state index is -0.685. The molecule has 3 fully saturated rings. The Labute approximate surface area is 218 Å². The smallest absolute Gasteiger partial charge is 0.245 e. The number of benzene rings is 1. The zero-order valence-electron chi connectivity index (χ0n) is 21.5. The number of hydrogen-bond acceptors (Lipinski definition) is 5. The van der Waals surface area contributed by atoms with Crippen LogP contribution < -0.4 is 10.6 Å². The first-order valence-electron chi connectivity index (χ1n) is 13.5. The summed E-state index contributed by atoms with van der Waals surface area (Å²) < 4.78 is 0. The van der Waals surface area contributed by atoms with E-state index in [1.165, 1.54) is 5.56 Å². The van der Waals surface area contributed by atoms with E-state index in [9.17, 15) is 14.4 Å². The summed E-state index contributed by atoms with van der Waals surface area (Å²) in [6.07, 6.45) is 7.09. The number of piperidine rings is 2. The largest absolute Gasteiger partial charge is 0.345 e. The normalized spacial score (nSPS) is 29.4. The van der Waals surface area contributed by atoms with Crippen molar-refractivity contribution in [1.82, 2.24) is 25.4 Å². The average molecular weight is 504 g/mol. The van der Waals surface area contributed by atoms with Crippen LogP contribution in [0, 0.1) is 11.8 Å². The summed E-state index contributed by atoms with van der Waals surface area (Å²) in [6, 6.07) is 12.6. The summed E-state index contributed by atoms with van der Waals surface area (Å²) in [6.45, 7) is 5.07. The van der Waals surface area contributed by atoms with Gasteiger partial charge in [0.2, 0.25) is 17.7 Å². The van der Waals surface area contributed by atoms with Gasteiger partial charge in [-0.1, -0.05) is 36.4 Å². The van der Waals surface area contributed by atoms with Crippen LogP contribution in [0.3, 0.4) is 0 Å². The lowest BCUT2D eigenvalue weighted by Crippen LogP contribution is -2.63. The number of carbonyl (C=O) groups excluding carboxylic acids is 3. The Bertz CT molecular complexity index is 1100. The molecule has 2 N–H and O–H groups in total. The predicted molar refractivity (Wildman–Crippen MR) is 140 cm³/mol. The topological polar surface area (TPSA) is 94.6 Å². The third-order valence-electron chi connectivity index (χ3n) is 8.03. The van der Waals surface area contributed by atoms with E-state index in [0.717, 1.165) is 38.0 Å². The molecule has 3 amide bonds. The van der Waals surface area contributed by atoms with Gasteiger partial charge in [0.05, 0.1) is 0 Å². The monoisotopic (exact) mass is 503 g/mol. The molecule has 0 spiro atoms. The number of likely N-dealkylation sites (tertiary alicyclic amines) is 1. The molecule has 3 aliphatic heterocycles. The molecule has 0 aliphatic carbocycles. The molecule has 2 aromatic rings. The number of fused-ring (bicyclic) bond motifs is 4. The second-order valence-corrected chi connectivity index (χ2v) is 10.9. The first-order chi connectivity index (χ1) is 18.0. The van der Waals surface area contributed by atoms with Gasteiger partial charge in [0.25, 0.3) is 0 Å². The highest BCUT2D eigenvalue weighted by atomic mass is 16.2. The Morgan fingerprint density at radius 1 is 0.973 bits per heavy atom. The van der Waals surface area contributed by atoms with Crippen molar-refractivity contribution in [3.05, 3.63) is 66.0 Å². The van der Waals surface area contributed by atoms with Crippen molar-refractivity contribution in [1.29, 1.82) is 0 Å². The molecular weight excluding hydrogens is 466 g/mol. The van der Waals surface area contributed by atoms with E-state index in [-0.39, 0.29) is 23.8 Å². The Kier molecular flexibility index (Phi) is 7.84. The van der Waals surface area contributed by atoms with Crippen molar-refractivity contribution in [3.63, 3.8) is 0 Å². The molecule has 4 heterocycles. The van der Waals surface area contributed by atoms with E-state index in [0.29, 0.717) is 37.6 Å². The molecule has 37 heavy (non-hydrogen) atoms. The van der Waals surface area contributed by atoms with Crippen LogP contribution in [0.25, 0.3) is 0 Å². The molecule has 3 saturated heterocycles. The molecule has 5 rings (SSSR count).